The van der Waals surface area contributed by atoms with E-state index in [4.69, 9.17) is 12.2 Å². The van der Waals surface area contributed by atoms with E-state index in [2.05, 4.69) is 15.0 Å². The summed E-state index contributed by atoms with van der Waals surface area (Å²) >= 11 is 4.77. The molecule has 0 amide bonds. The molecule has 2 heterocycles. The molecule has 2 aromatic heterocycles. The maximum absolute atomic E-state index is 12.8. The fourth-order valence-electron chi connectivity index (χ4n) is 1.38. The van der Waals surface area contributed by atoms with E-state index >= 15 is 0 Å². The molecule has 88 valence electrons. The molecular formula is C10H6F3N3S. The number of halogens is 3. The van der Waals surface area contributed by atoms with Crippen LogP contribution < -0.4 is 0 Å². The van der Waals surface area contributed by atoms with Crippen LogP contribution in [0, 0.1) is 4.77 Å². The van der Waals surface area contributed by atoms with E-state index in [1.54, 1.807) is 0 Å². The van der Waals surface area contributed by atoms with Crippen molar-refractivity contribution in [2.45, 2.75) is 6.18 Å². The lowest BCUT2D eigenvalue weighted by molar-refractivity contribution is -0.137. The molecule has 0 bridgehead atoms. The van der Waals surface area contributed by atoms with Crippen LogP contribution in [0.3, 0.4) is 0 Å². The molecule has 17 heavy (non-hydrogen) atoms. The maximum atomic E-state index is 12.8. The zero-order chi connectivity index (χ0) is 12.5. The molecule has 0 aliphatic heterocycles. The molecule has 2 aromatic rings. The number of rotatable bonds is 1. The minimum Gasteiger partial charge on any atom is -0.330 e. The lowest BCUT2D eigenvalue weighted by Crippen LogP contribution is -2.08. The van der Waals surface area contributed by atoms with Crippen molar-refractivity contribution in [1.82, 2.24) is 15.0 Å². The van der Waals surface area contributed by atoms with E-state index in [1.807, 2.05) is 0 Å². The van der Waals surface area contributed by atoms with Gasteiger partial charge in [-0.2, -0.15) is 13.2 Å². The molecule has 0 saturated heterocycles. The van der Waals surface area contributed by atoms with Crippen LogP contribution in [-0.2, 0) is 6.18 Å². The van der Waals surface area contributed by atoms with Gasteiger partial charge in [0.1, 0.15) is 0 Å². The van der Waals surface area contributed by atoms with Gasteiger partial charge in [-0.05, 0) is 24.4 Å². The first kappa shape index (κ1) is 11.7. The largest absolute Gasteiger partial charge is 0.417 e. The number of hydrogen-bond acceptors (Lipinski definition) is 3. The third-order valence-corrected chi connectivity index (χ3v) is 2.30. The number of alkyl halides is 3. The molecule has 3 nitrogen and oxygen atoms in total. The van der Waals surface area contributed by atoms with Gasteiger partial charge in [-0.1, -0.05) is 0 Å². The molecule has 1 N–H and O–H groups in total. The summed E-state index contributed by atoms with van der Waals surface area (Å²) in [6.07, 6.45) is -0.843. The molecule has 0 saturated carbocycles. The van der Waals surface area contributed by atoms with E-state index in [1.165, 1.54) is 12.3 Å². The van der Waals surface area contributed by atoms with Gasteiger partial charge in [-0.15, -0.1) is 0 Å². The predicted octanol–water partition coefficient (Wildman–Crippen LogP) is 3.22. The van der Waals surface area contributed by atoms with Gasteiger partial charge in [0, 0.05) is 24.2 Å². The SMILES string of the molecule is FC(F)(F)c1ccncc1-c1ccnc(=S)[nH]1. The Bertz CT molecular complexity index is 592. The normalized spacial score (nSPS) is 11.5. The van der Waals surface area contributed by atoms with Gasteiger partial charge in [-0.3, -0.25) is 4.98 Å². The average Bonchev–Trinajstić information content (AvgIpc) is 2.28. The highest BCUT2D eigenvalue weighted by Crippen LogP contribution is 2.35. The van der Waals surface area contributed by atoms with Crippen molar-refractivity contribution in [1.29, 1.82) is 0 Å². The van der Waals surface area contributed by atoms with Crippen molar-refractivity contribution in [2.24, 2.45) is 0 Å². The molecule has 0 aromatic carbocycles. The number of nitrogens with zero attached hydrogens (tertiary/aromatic N) is 2. The van der Waals surface area contributed by atoms with Crippen LogP contribution in [0.5, 0.6) is 0 Å². The molecule has 0 aliphatic carbocycles. The highest BCUT2D eigenvalue weighted by atomic mass is 32.1. The quantitative estimate of drug-likeness (QED) is 0.797. The second kappa shape index (κ2) is 4.25. The molecule has 7 heteroatoms. The number of hydrogen-bond donors (Lipinski definition) is 1. The Balaban J connectivity index is 2.64. The molecule has 0 aliphatic rings. The van der Waals surface area contributed by atoms with Crippen molar-refractivity contribution in [3.63, 3.8) is 0 Å². The van der Waals surface area contributed by atoms with Gasteiger partial charge in [0.05, 0.1) is 11.3 Å². The van der Waals surface area contributed by atoms with Gasteiger partial charge in [0.25, 0.3) is 0 Å². The molecular weight excluding hydrogens is 251 g/mol. The van der Waals surface area contributed by atoms with Gasteiger partial charge in [0.2, 0.25) is 0 Å². The first-order valence-electron chi connectivity index (χ1n) is 4.55. The lowest BCUT2D eigenvalue weighted by atomic mass is 10.1. The van der Waals surface area contributed by atoms with Crippen LogP contribution in [0.1, 0.15) is 5.56 Å². The summed E-state index contributed by atoms with van der Waals surface area (Å²) < 4.78 is 38.4. The number of pyridine rings is 1. The van der Waals surface area contributed by atoms with Crippen molar-refractivity contribution in [3.8, 4) is 11.3 Å². The summed E-state index contributed by atoms with van der Waals surface area (Å²) in [5.41, 5.74) is -0.566. The minimum absolute atomic E-state index is 0.0477. The van der Waals surface area contributed by atoms with Gasteiger partial charge in [-0.25, -0.2) is 4.98 Å². The fraction of sp³-hybridized carbons (Fsp3) is 0.100. The summed E-state index contributed by atoms with van der Waals surface area (Å²) in [5, 5.41) is 0. The van der Waals surface area contributed by atoms with E-state index in [9.17, 15) is 13.2 Å². The lowest BCUT2D eigenvalue weighted by Gasteiger charge is -2.11. The zero-order valence-corrected chi connectivity index (χ0v) is 9.14. The molecule has 0 atom stereocenters. The van der Waals surface area contributed by atoms with E-state index < -0.39 is 11.7 Å². The maximum Gasteiger partial charge on any atom is 0.417 e. The van der Waals surface area contributed by atoms with Crippen LogP contribution in [0.2, 0.25) is 0 Å². The summed E-state index contributed by atoms with van der Waals surface area (Å²) in [7, 11) is 0. The third-order valence-electron chi connectivity index (χ3n) is 2.09. The summed E-state index contributed by atoms with van der Waals surface area (Å²) in [4.78, 5) is 10.0. The molecule has 0 radical (unpaired) electrons. The number of aromatic amines is 1. The monoisotopic (exact) mass is 257 g/mol. The number of aromatic nitrogens is 3. The molecule has 2 rings (SSSR count). The Morgan fingerprint density at radius 3 is 2.59 bits per heavy atom. The van der Waals surface area contributed by atoms with Crippen LogP contribution in [0.15, 0.2) is 30.7 Å². The average molecular weight is 257 g/mol. The molecule has 0 spiro atoms. The van der Waals surface area contributed by atoms with Crippen LogP contribution >= 0.6 is 12.2 Å². The Hall–Kier alpha value is -1.76. The van der Waals surface area contributed by atoms with E-state index in [-0.39, 0.29) is 16.0 Å². The summed E-state index contributed by atoms with van der Waals surface area (Å²) in [6.45, 7) is 0. The van der Waals surface area contributed by atoms with Crippen LogP contribution in [0.25, 0.3) is 11.3 Å². The van der Waals surface area contributed by atoms with Crippen molar-refractivity contribution >= 4 is 12.2 Å². The Kier molecular flexibility index (Phi) is 2.93. The third kappa shape index (κ3) is 2.50. The minimum atomic E-state index is -4.43. The number of H-pyrrole nitrogens is 1. The van der Waals surface area contributed by atoms with Crippen LogP contribution in [0.4, 0.5) is 13.2 Å². The van der Waals surface area contributed by atoms with Gasteiger partial charge < -0.3 is 4.98 Å². The first-order chi connectivity index (χ1) is 7.98. The van der Waals surface area contributed by atoms with Gasteiger partial charge >= 0.3 is 6.18 Å². The Morgan fingerprint density at radius 1 is 1.18 bits per heavy atom. The van der Waals surface area contributed by atoms with E-state index in [0.29, 0.717) is 0 Å². The van der Waals surface area contributed by atoms with Crippen molar-refractivity contribution in [2.75, 3.05) is 0 Å². The standard InChI is InChI=1S/C10H6F3N3S/c11-10(12,13)7-1-3-14-5-6(7)8-2-4-15-9(17)16-8/h1-5H,(H,15,16,17). The Morgan fingerprint density at radius 2 is 1.94 bits per heavy atom. The highest BCUT2D eigenvalue weighted by Gasteiger charge is 2.33. The topological polar surface area (TPSA) is 41.6 Å². The zero-order valence-electron chi connectivity index (χ0n) is 8.32. The first-order valence-corrected chi connectivity index (χ1v) is 4.96. The van der Waals surface area contributed by atoms with Gasteiger partial charge in [0.15, 0.2) is 4.77 Å². The van der Waals surface area contributed by atoms with E-state index in [0.717, 1.165) is 18.5 Å². The second-order valence-electron chi connectivity index (χ2n) is 3.21. The number of nitrogens with one attached hydrogen (secondary N) is 1. The Labute approximate surface area is 99.4 Å². The van der Waals surface area contributed by atoms with Crippen molar-refractivity contribution in [3.05, 3.63) is 41.1 Å². The summed E-state index contributed by atoms with van der Waals surface area (Å²) in [5.74, 6) is 0. The predicted molar refractivity (Wildman–Crippen MR) is 57.7 cm³/mol. The smallest absolute Gasteiger partial charge is 0.330 e. The molecule has 0 fully saturated rings. The highest BCUT2D eigenvalue weighted by molar-refractivity contribution is 7.71. The molecule has 0 unspecified atom stereocenters. The summed E-state index contributed by atoms with van der Waals surface area (Å²) in [6, 6.07) is 2.34. The fourth-order valence-corrected chi connectivity index (χ4v) is 1.55. The van der Waals surface area contributed by atoms with Crippen LogP contribution in [-0.4, -0.2) is 15.0 Å². The second-order valence-corrected chi connectivity index (χ2v) is 3.59. The van der Waals surface area contributed by atoms with Crippen molar-refractivity contribution < 1.29 is 13.2 Å².